The Morgan fingerprint density at radius 3 is 2.77 bits per heavy atom. The minimum Gasteiger partial charge on any atom is -0.448 e. The van der Waals surface area contributed by atoms with E-state index in [1.807, 2.05) is 0 Å². The molecule has 4 heteroatoms. The number of carbonyl (C=O) groups is 1. The molecule has 116 valence electrons. The number of hydrogen-bond donors (Lipinski definition) is 0. The van der Waals surface area contributed by atoms with Crippen LogP contribution in [0.25, 0.3) is 10.8 Å². The van der Waals surface area contributed by atoms with E-state index in [0.29, 0.717) is 6.61 Å². The van der Waals surface area contributed by atoms with Gasteiger partial charge in [-0.2, -0.15) is 0 Å². The number of hydrogen-bond acceptors (Lipinski definition) is 3. The number of cyclic esters (lactones) is 1. The zero-order valence-corrected chi connectivity index (χ0v) is 13.0. The third-order valence-corrected chi connectivity index (χ3v) is 4.08. The van der Waals surface area contributed by atoms with Crippen molar-refractivity contribution in [3.05, 3.63) is 48.0 Å². The first-order valence-corrected chi connectivity index (χ1v) is 7.80. The third kappa shape index (κ3) is 3.57. The smallest absolute Gasteiger partial charge is 0.409 e. The maximum absolute atomic E-state index is 11.4. The molecule has 1 saturated heterocycles. The van der Waals surface area contributed by atoms with Crippen LogP contribution in [0.3, 0.4) is 0 Å². The number of carbonyl (C=O) groups excluding carboxylic acids is 1. The lowest BCUT2D eigenvalue weighted by atomic mass is 10.1. The molecule has 0 aliphatic carbocycles. The molecule has 2 aromatic rings. The first-order chi connectivity index (χ1) is 10.7. The zero-order valence-electron chi connectivity index (χ0n) is 13.0. The Bertz CT molecular complexity index is 656. The summed E-state index contributed by atoms with van der Waals surface area (Å²) in [5, 5.41) is 2.56. The molecule has 0 spiro atoms. The quantitative estimate of drug-likeness (QED) is 0.821. The first-order valence-electron chi connectivity index (χ1n) is 7.80. The van der Waals surface area contributed by atoms with Crippen LogP contribution in [-0.2, 0) is 11.3 Å². The summed E-state index contributed by atoms with van der Waals surface area (Å²) in [6.07, 6.45) is 0.802. The van der Waals surface area contributed by atoms with Crippen molar-refractivity contribution in [3.8, 4) is 0 Å². The van der Waals surface area contributed by atoms with E-state index in [4.69, 9.17) is 4.74 Å². The minimum atomic E-state index is -0.169. The zero-order chi connectivity index (χ0) is 15.4. The first kappa shape index (κ1) is 14.9. The fraction of sp³-hybridized carbons (Fsp3) is 0.389. The van der Waals surface area contributed by atoms with Crippen molar-refractivity contribution in [2.45, 2.75) is 13.0 Å². The van der Waals surface area contributed by atoms with Crippen LogP contribution in [0.2, 0.25) is 0 Å². The van der Waals surface area contributed by atoms with Crippen molar-refractivity contribution in [1.82, 2.24) is 9.80 Å². The number of amides is 1. The molecule has 4 nitrogen and oxygen atoms in total. The second kappa shape index (κ2) is 6.79. The number of fused-ring (bicyclic) bond motifs is 1. The molecule has 0 atom stereocenters. The molecule has 0 N–H and O–H groups in total. The van der Waals surface area contributed by atoms with E-state index in [2.05, 4.69) is 54.4 Å². The lowest BCUT2D eigenvalue weighted by molar-refractivity contribution is 0.157. The summed E-state index contributed by atoms with van der Waals surface area (Å²) in [5.41, 5.74) is 1.32. The Kier molecular flexibility index (Phi) is 4.59. The standard InChI is InChI=1S/C18H22N2O2/c1-19(9-4-10-20-11-12-22-18(20)21)14-15-7-8-16-5-2-3-6-17(16)13-15/h2-3,5-8,13H,4,9-12,14H2,1H3. The van der Waals surface area contributed by atoms with Gasteiger partial charge in [0.2, 0.25) is 0 Å². The molecule has 3 rings (SSSR count). The normalized spacial score (nSPS) is 14.8. The van der Waals surface area contributed by atoms with Crippen molar-refractivity contribution in [2.75, 3.05) is 33.3 Å². The average molecular weight is 298 g/mol. The highest BCUT2D eigenvalue weighted by Crippen LogP contribution is 2.16. The Balaban J connectivity index is 1.49. The molecular weight excluding hydrogens is 276 g/mol. The van der Waals surface area contributed by atoms with Gasteiger partial charge in [-0.3, -0.25) is 0 Å². The molecule has 0 saturated carbocycles. The van der Waals surface area contributed by atoms with Gasteiger partial charge < -0.3 is 14.5 Å². The van der Waals surface area contributed by atoms with Crippen LogP contribution in [0.5, 0.6) is 0 Å². The van der Waals surface area contributed by atoms with E-state index in [0.717, 1.165) is 32.6 Å². The summed E-state index contributed by atoms with van der Waals surface area (Å²) in [6, 6.07) is 15.1. The molecule has 2 aromatic carbocycles. The maximum Gasteiger partial charge on any atom is 0.409 e. The molecule has 0 unspecified atom stereocenters. The van der Waals surface area contributed by atoms with Gasteiger partial charge >= 0.3 is 6.09 Å². The average Bonchev–Trinajstić information content (AvgIpc) is 2.92. The van der Waals surface area contributed by atoms with Crippen LogP contribution < -0.4 is 0 Å². The predicted molar refractivity (Wildman–Crippen MR) is 87.8 cm³/mol. The van der Waals surface area contributed by atoms with Gasteiger partial charge in [0.15, 0.2) is 0 Å². The monoisotopic (exact) mass is 298 g/mol. The highest BCUT2D eigenvalue weighted by atomic mass is 16.6. The minimum absolute atomic E-state index is 0.169. The van der Waals surface area contributed by atoms with Crippen molar-refractivity contribution in [3.63, 3.8) is 0 Å². The molecule has 1 aliphatic heterocycles. The van der Waals surface area contributed by atoms with Gasteiger partial charge in [0.25, 0.3) is 0 Å². The summed E-state index contributed by atoms with van der Waals surface area (Å²) < 4.78 is 4.93. The SMILES string of the molecule is CN(CCCN1CCOC1=O)Cc1ccc2ccccc2c1. The molecular formula is C18H22N2O2. The second-order valence-electron chi connectivity index (χ2n) is 5.87. The van der Waals surface area contributed by atoms with Gasteiger partial charge in [-0.05, 0) is 42.4 Å². The molecule has 0 aromatic heterocycles. The predicted octanol–water partition coefficient (Wildman–Crippen LogP) is 3.11. The molecule has 1 fully saturated rings. The van der Waals surface area contributed by atoms with Gasteiger partial charge in [-0.15, -0.1) is 0 Å². The van der Waals surface area contributed by atoms with Gasteiger partial charge in [-0.25, -0.2) is 4.79 Å². The Morgan fingerprint density at radius 1 is 1.18 bits per heavy atom. The lowest BCUT2D eigenvalue weighted by Crippen LogP contribution is -2.28. The number of nitrogens with zero attached hydrogens (tertiary/aromatic N) is 2. The van der Waals surface area contributed by atoms with Gasteiger partial charge in [-0.1, -0.05) is 36.4 Å². The summed E-state index contributed by atoms with van der Waals surface area (Å²) in [5.74, 6) is 0. The van der Waals surface area contributed by atoms with Gasteiger partial charge in [0.1, 0.15) is 6.61 Å². The van der Waals surface area contributed by atoms with Crippen molar-refractivity contribution in [1.29, 1.82) is 0 Å². The summed E-state index contributed by atoms with van der Waals surface area (Å²) in [4.78, 5) is 15.4. The number of benzene rings is 2. The molecule has 1 heterocycles. The summed E-state index contributed by atoms with van der Waals surface area (Å²) in [7, 11) is 2.12. The molecule has 1 amide bonds. The highest BCUT2D eigenvalue weighted by Gasteiger charge is 2.20. The Labute approximate surface area is 131 Å². The number of rotatable bonds is 6. The number of ether oxygens (including phenoxy) is 1. The third-order valence-electron chi connectivity index (χ3n) is 4.08. The van der Waals surface area contributed by atoms with Crippen LogP contribution in [0, 0.1) is 0 Å². The van der Waals surface area contributed by atoms with Crippen LogP contribution in [0.15, 0.2) is 42.5 Å². The van der Waals surface area contributed by atoms with E-state index in [1.165, 1.54) is 16.3 Å². The van der Waals surface area contributed by atoms with E-state index in [1.54, 1.807) is 4.90 Å². The van der Waals surface area contributed by atoms with E-state index in [-0.39, 0.29) is 6.09 Å². The highest BCUT2D eigenvalue weighted by molar-refractivity contribution is 5.82. The summed E-state index contributed by atoms with van der Waals surface area (Å²) >= 11 is 0. The van der Waals surface area contributed by atoms with E-state index >= 15 is 0 Å². The lowest BCUT2D eigenvalue weighted by Gasteiger charge is -2.19. The van der Waals surface area contributed by atoms with Gasteiger partial charge in [0, 0.05) is 13.1 Å². The van der Waals surface area contributed by atoms with Crippen LogP contribution in [-0.4, -0.2) is 49.2 Å². The second-order valence-corrected chi connectivity index (χ2v) is 5.87. The van der Waals surface area contributed by atoms with E-state index in [9.17, 15) is 4.79 Å². The largest absolute Gasteiger partial charge is 0.448 e. The van der Waals surface area contributed by atoms with Crippen molar-refractivity contribution >= 4 is 16.9 Å². The fourth-order valence-corrected chi connectivity index (χ4v) is 2.89. The Morgan fingerprint density at radius 2 is 2.00 bits per heavy atom. The van der Waals surface area contributed by atoms with Crippen molar-refractivity contribution in [2.24, 2.45) is 0 Å². The Hall–Kier alpha value is -2.07. The van der Waals surface area contributed by atoms with Gasteiger partial charge in [0.05, 0.1) is 6.54 Å². The van der Waals surface area contributed by atoms with Crippen LogP contribution in [0.4, 0.5) is 4.79 Å². The summed E-state index contributed by atoms with van der Waals surface area (Å²) in [6.45, 7) is 3.94. The topological polar surface area (TPSA) is 32.8 Å². The van der Waals surface area contributed by atoms with Crippen molar-refractivity contribution < 1.29 is 9.53 Å². The molecule has 22 heavy (non-hydrogen) atoms. The molecule has 1 aliphatic rings. The maximum atomic E-state index is 11.4. The fourth-order valence-electron chi connectivity index (χ4n) is 2.89. The molecule has 0 bridgehead atoms. The van der Waals surface area contributed by atoms with E-state index < -0.39 is 0 Å². The van der Waals surface area contributed by atoms with Crippen LogP contribution >= 0.6 is 0 Å². The molecule has 0 radical (unpaired) electrons. The van der Waals surface area contributed by atoms with Crippen LogP contribution in [0.1, 0.15) is 12.0 Å².